The predicted octanol–water partition coefficient (Wildman–Crippen LogP) is 13.9. The van der Waals surface area contributed by atoms with Crippen LogP contribution in [0.5, 0.6) is 0 Å². The van der Waals surface area contributed by atoms with Crippen LogP contribution in [-0.4, -0.2) is 8.07 Å². The zero-order chi connectivity index (χ0) is 38.1. The number of hydrogen-bond acceptors (Lipinski definition) is 0. The molecule has 0 saturated heterocycles. The maximum absolute atomic E-state index is 3.33. The molecular formula is C54H48SiZr. The monoisotopic (exact) mass is 814 g/mol. The molecule has 8 aromatic carbocycles. The molecule has 1 aliphatic heterocycles. The molecule has 2 heteroatoms. The molecule has 56 heavy (non-hydrogen) atoms. The van der Waals surface area contributed by atoms with Crippen molar-refractivity contribution < 1.29 is 20.3 Å². The fourth-order valence-electron chi connectivity index (χ4n) is 12.1. The van der Waals surface area contributed by atoms with Gasteiger partial charge in [0.05, 0.1) is 0 Å². The fourth-order valence-corrected chi connectivity index (χ4v) is 27.3. The third-order valence-electron chi connectivity index (χ3n) is 14.3. The Hall–Kier alpha value is -4.62. The van der Waals surface area contributed by atoms with E-state index < -0.39 is 28.3 Å². The Balaban J connectivity index is 1.28. The third kappa shape index (κ3) is 4.55. The molecule has 11 rings (SSSR count). The molecule has 0 spiro atoms. The third-order valence-corrected chi connectivity index (χ3v) is 28.4. The quantitative estimate of drug-likeness (QED) is 0.123. The van der Waals surface area contributed by atoms with E-state index in [-0.39, 0.29) is 0 Å². The van der Waals surface area contributed by atoms with Crippen LogP contribution in [0.4, 0.5) is 0 Å². The summed E-state index contributed by atoms with van der Waals surface area (Å²) in [6.45, 7) is 10.3. The fraction of sp³-hybridized carbons (Fsp3) is 0.185. The normalized spacial score (nSPS) is 19.2. The second-order valence-electron chi connectivity index (χ2n) is 17.7. The van der Waals surface area contributed by atoms with Gasteiger partial charge < -0.3 is 0 Å². The SMILES string of the molecule is CCC1=C(c2cccc3ccc4ccccc4c23)c2c3cccc2[Si](C)(C)c2cccc4c2C(c2cccc5ccc6ccccc6c25)=C(CC)[CH]4[Zr]([CH3])([CH3])[CH]13. The van der Waals surface area contributed by atoms with Gasteiger partial charge in [0.25, 0.3) is 0 Å². The van der Waals surface area contributed by atoms with Crippen LogP contribution in [0.15, 0.2) is 157 Å². The van der Waals surface area contributed by atoms with Gasteiger partial charge in [0.2, 0.25) is 0 Å². The molecular weight excluding hydrogens is 768 g/mol. The van der Waals surface area contributed by atoms with Crippen molar-refractivity contribution in [3.8, 4) is 0 Å². The second kappa shape index (κ2) is 12.4. The zero-order valence-electron chi connectivity index (χ0n) is 33.4. The minimum absolute atomic E-state index is 0.489. The van der Waals surface area contributed by atoms with Crippen LogP contribution in [0.2, 0.25) is 22.4 Å². The molecule has 0 radical (unpaired) electrons. The van der Waals surface area contributed by atoms with Crippen molar-refractivity contribution in [3.63, 3.8) is 0 Å². The maximum atomic E-state index is 2.83. The number of hydrogen-bond donors (Lipinski definition) is 0. The van der Waals surface area contributed by atoms with Gasteiger partial charge in [0, 0.05) is 0 Å². The molecule has 0 amide bonds. The molecule has 272 valence electrons. The Morgan fingerprint density at radius 1 is 0.446 bits per heavy atom. The zero-order valence-corrected chi connectivity index (χ0v) is 36.9. The summed E-state index contributed by atoms with van der Waals surface area (Å²) >= 11 is -3.33. The molecule has 2 atom stereocenters. The summed E-state index contributed by atoms with van der Waals surface area (Å²) in [5.74, 6) is 0. The summed E-state index contributed by atoms with van der Waals surface area (Å²) in [5, 5.41) is 14.1. The van der Waals surface area contributed by atoms with Crippen molar-refractivity contribution in [2.75, 3.05) is 0 Å². The van der Waals surface area contributed by atoms with E-state index in [4.69, 9.17) is 0 Å². The summed E-state index contributed by atoms with van der Waals surface area (Å²) < 4.78 is 6.64. The first-order valence-electron chi connectivity index (χ1n) is 20.8. The Morgan fingerprint density at radius 2 is 0.839 bits per heavy atom. The second-order valence-corrected chi connectivity index (χ2v) is 33.9. The summed E-state index contributed by atoms with van der Waals surface area (Å²) in [7, 11) is -2.35. The van der Waals surface area contributed by atoms with Crippen molar-refractivity contribution in [2.24, 2.45) is 0 Å². The molecule has 2 aliphatic carbocycles. The molecule has 2 unspecified atom stereocenters. The van der Waals surface area contributed by atoms with E-state index in [1.54, 1.807) is 54.9 Å². The number of allylic oxidation sites excluding steroid dienone is 2. The van der Waals surface area contributed by atoms with E-state index in [0.717, 1.165) is 12.8 Å². The molecule has 3 aliphatic rings. The molecule has 8 aromatic rings. The number of fused-ring (bicyclic) bond motifs is 6. The van der Waals surface area contributed by atoms with Crippen molar-refractivity contribution >= 4 is 72.7 Å². The van der Waals surface area contributed by atoms with E-state index in [9.17, 15) is 0 Å². The molecule has 0 nitrogen and oxygen atoms in total. The van der Waals surface area contributed by atoms with Crippen molar-refractivity contribution in [3.05, 3.63) is 190 Å². The van der Waals surface area contributed by atoms with E-state index >= 15 is 0 Å². The van der Waals surface area contributed by atoms with Crippen molar-refractivity contribution in [1.29, 1.82) is 0 Å². The standard InChI is InChI=1S/C52H42Si.2CH3.Zr/c1-5-33-31-39-19-13-25-45(51(39)49(33)43-23-11-17-37-29-27-35-15-7-9-21-41(35)47(37)43)53(3,4)46-26-14-20-40-32-34(6-2)50(52(40)46)44-24-12-18-38-30-28-36-16-8-10-22-42(36)48(38)44;;;/h7-32H,5-6H2,1-4H3;2*1H3;. The molecule has 0 N–H and O–H groups in total. The van der Waals surface area contributed by atoms with Gasteiger partial charge in [0.1, 0.15) is 0 Å². The van der Waals surface area contributed by atoms with Gasteiger partial charge in [-0.05, 0) is 0 Å². The first-order valence-corrected chi connectivity index (χ1v) is 31.6. The first-order chi connectivity index (χ1) is 27.3. The van der Waals surface area contributed by atoms with Gasteiger partial charge in [-0.25, -0.2) is 0 Å². The molecule has 0 saturated carbocycles. The molecule has 0 aromatic heterocycles. The molecule has 8 bridgehead atoms. The number of benzene rings is 8. The van der Waals surface area contributed by atoms with E-state index in [0.29, 0.717) is 7.25 Å². The average Bonchev–Trinajstić information content (AvgIpc) is 3.76. The van der Waals surface area contributed by atoms with E-state index in [1.165, 1.54) is 54.2 Å². The van der Waals surface area contributed by atoms with Gasteiger partial charge in [-0.15, -0.1) is 0 Å². The van der Waals surface area contributed by atoms with Crippen LogP contribution in [0, 0.1) is 0 Å². The Labute approximate surface area is 337 Å². The molecule has 0 fully saturated rings. The Kier molecular flexibility index (Phi) is 7.69. The van der Waals surface area contributed by atoms with Gasteiger partial charge in [-0.2, -0.15) is 0 Å². The van der Waals surface area contributed by atoms with Gasteiger partial charge >= 0.3 is 339 Å². The van der Waals surface area contributed by atoms with Crippen LogP contribution < -0.4 is 10.4 Å². The van der Waals surface area contributed by atoms with Gasteiger partial charge in [-0.1, -0.05) is 0 Å². The average molecular weight is 816 g/mol. The van der Waals surface area contributed by atoms with Gasteiger partial charge in [0.15, 0.2) is 0 Å². The summed E-state index contributed by atoms with van der Waals surface area (Å²) in [4.78, 5) is 0. The predicted molar refractivity (Wildman–Crippen MR) is 242 cm³/mol. The van der Waals surface area contributed by atoms with Crippen LogP contribution in [-0.2, 0) is 20.3 Å². The van der Waals surface area contributed by atoms with Crippen LogP contribution >= 0.6 is 0 Å². The number of rotatable bonds is 4. The van der Waals surface area contributed by atoms with Crippen LogP contribution in [0.25, 0.3) is 54.2 Å². The van der Waals surface area contributed by atoms with E-state index in [1.807, 2.05) is 0 Å². The summed E-state index contributed by atoms with van der Waals surface area (Å²) in [6, 6.07) is 56.8. The minimum atomic E-state index is -3.33. The topological polar surface area (TPSA) is 0 Å². The Morgan fingerprint density at radius 3 is 1.29 bits per heavy atom. The van der Waals surface area contributed by atoms with Gasteiger partial charge in [-0.3, -0.25) is 0 Å². The van der Waals surface area contributed by atoms with Crippen molar-refractivity contribution in [2.45, 2.75) is 56.3 Å². The van der Waals surface area contributed by atoms with Crippen LogP contribution in [0.1, 0.15) is 67.3 Å². The Bertz CT molecular complexity index is 2860. The summed E-state index contributed by atoms with van der Waals surface area (Å²) in [5.41, 5.74) is 15.9. The van der Waals surface area contributed by atoms with Crippen LogP contribution in [0.3, 0.4) is 0 Å². The summed E-state index contributed by atoms with van der Waals surface area (Å²) in [6.07, 6.45) is 2.14. The first kappa shape index (κ1) is 34.6. The van der Waals surface area contributed by atoms with Crippen molar-refractivity contribution in [1.82, 2.24) is 0 Å². The molecule has 1 heterocycles. The van der Waals surface area contributed by atoms with E-state index in [2.05, 4.69) is 182 Å².